The molecule has 0 N–H and O–H groups in total. The van der Waals surface area contributed by atoms with E-state index in [1.807, 2.05) is 18.2 Å². The Labute approximate surface area is 122 Å². The Kier molecular flexibility index (Phi) is 4.38. The van der Waals surface area contributed by atoms with E-state index in [9.17, 15) is 4.79 Å². The van der Waals surface area contributed by atoms with Crippen LogP contribution in [0.3, 0.4) is 0 Å². The zero-order chi connectivity index (χ0) is 13.8. The van der Waals surface area contributed by atoms with Crippen molar-refractivity contribution < 1.29 is 4.79 Å². The minimum absolute atomic E-state index is 0.676. The van der Waals surface area contributed by atoms with Gasteiger partial charge in [0.05, 0.1) is 5.69 Å². The maximum atomic E-state index is 10.8. The highest BCUT2D eigenvalue weighted by molar-refractivity contribution is 9.10. The highest BCUT2D eigenvalue weighted by Crippen LogP contribution is 2.32. The zero-order valence-electron chi connectivity index (χ0n) is 11.1. The first-order valence-corrected chi connectivity index (χ1v) is 7.04. The van der Waals surface area contributed by atoms with E-state index in [2.05, 4.69) is 58.9 Å². The predicted octanol–water partition coefficient (Wildman–Crippen LogP) is 4.73. The largest absolute Gasteiger partial charge is 0.341 e. The zero-order valence-corrected chi connectivity index (χ0v) is 12.6. The minimum atomic E-state index is 0.676. The fourth-order valence-corrected chi connectivity index (χ4v) is 2.64. The van der Waals surface area contributed by atoms with Crippen LogP contribution >= 0.6 is 15.9 Å². The highest BCUT2D eigenvalue weighted by Gasteiger charge is 2.11. The summed E-state index contributed by atoms with van der Waals surface area (Å²) in [6.07, 6.45) is 0.858. The van der Waals surface area contributed by atoms with Gasteiger partial charge >= 0.3 is 0 Å². The predicted molar refractivity (Wildman–Crippen MR) is 83.4 cm³/mol. The number of carbonyl (C=O) groups is 1. The maximum Gasteiger partial charge on any atom is 0.150 e. The summed E-state index contributed by atoms with van der Waals surface area (Å²) in [6.45, 7) is 5.05. The molecule has 0 saturated carbocycles. The molecule has 98 valence electrons. The number of benzene rings is 2. The molecule has 0 unspecified atom stereocenters. The summed E-state index contributed by atoms with van der Waals surface area (Å²) in [7, 11) is 0. The summed E-state index contributed by atoms with van der Waals surface area (Å²) in [5, 5.41) is 0. The molecule has 0 aliphatic carbocycles. The van der Waals surface area contributed by atoms with Crippen molar-refractivity contribution in [3.05, 3.63) is 58.1 Å². The molecule has 2 aromatic carbocycles. The maximum absolute atomic E-state index is 10.8. The Morgan fingerprint density at radius 3 is 2.37 bits per heavy atom. The highest BCUT2D eigenvalue weighted by atomic mass is 79.9. The smallest absolute Gasteiger partial charge is 0.150 e. The number of halogens is 1. The fraction of sp³-hybridized carbons (Fsp3) is 0.188. The van der Waals surface area contributed by atoms with E-state index in [1.54, 1.807) is 0 Å². The van der Waals surface area contributed by atoms with Gasteiger partial charge in [0, 0.05) is 22.3 Å². The van der Waals surface area contributed by atoms with Crippen LogP contribution in [0.2, 0.25) is 0 Å². The summed E-state index contributed by atoms with van der Waals surface area (Å²) >= 11 is 3.54. The van der Waals surface area contributed by atoms with Crippen LogP contribution in [0, 0.1) is 6.92 Å². The van der Waals surface area contributed by atoms with Crippen molar-refractivity contribution in [3.63, 3.8) is 0 Å². The SMILES string of the molecule is CCN(c1ccc(C)cc1)c1ccc(C=O)cc1Br. The van der Waals surface area contributed by atoms with Gasteiger partial charge in [-0.25, -0.2) is 0 Å². The molecule has 3 heteroatoms. The molecule has 2 rings (SSSR count). The molecule has 0 fully saturated rings. The van der Waals surface area contributed by atoms with Gasteiger partial charge < -0.3 is 4.90 Å². The molecule has 0 bridgehead atoms. The molecule has 0 aliphatic rings. The van der Waals surface area contributed by atoms with E-state index in [0.717, 1.165) is 28.7 Å². The van der Waals surface area contributed by atoms with Crippen LogP contribution < -0.4 is 4.90 Å². The lowest BCUT2D eigenvalue weighted by molar-refractivity contribution is 0.112. The molecular formula is C16H16BrNO. The van der Waals surface area contributed by atoms with Crippen LogP contribution in [0.1, 0.15) is 22.8 Å². The van der Waals surface area contributed by atoms with Gasteiger partial charge in [0.25, 0.3) is 0 Å². The molecule has 0 atom stereocenters. The average Bonchev–Trinajstić information content (AvgIpc) is 2.43. The first-order chi connectivity index (χ1) is 9.15. The monoisotopic (exact) mass is 317 g/mol. The third kappa shape index (κ3) is 3.04. The third-order valence-corrected chi connectivity index (χ3v) is 3.70. The second-order valence-corrected chi connectivity index (χ2v) is 5.26. The molecule has 0 heterocycles. The number of anilines is 2. The van der Waals surface area contributed by atoms with Crippen LogP contribution in [0.4, 0.5) is 11.4 Å². The van der Waals surface area contributed by atoms with Crippen molar-refractivity contribution in [1.82, 2.24) is 0 Å². The Bertz CT molecular complexity index is 578. The summed E-state index contributed by atoms with van der Waals surface area (Å²) in [5.74, 6) is 0. The van der Waals surface area contributed by atoms with Gasteiger partial charge in [-0.2, -0.15) is 0 Å². The molecule has 0 spiro atoms. The van der Waals surface area contributed by atoms with E-state index >= 15 is 0 Å². The van der Waals surface area contributed by atoms with Crippen LogP contribution in [-0.2, 0) is 0 Å². The van der Waals surface area contributed by atoms with Crippen LogP contribution in [0.15, 0.2) is 46.9 Å². The van der Waals surface area contributed by atoms with Crippen molar-refractivity contribution in [3.8, 4) is 0 Å². The quantitative estimate of drug-likeness (QED) is 0.760. The van der Waals surface area contributed by atoms with E-state index in [-0.39, 0.29) is 0 Å². The molecule has 0 amide bonds. The first kappa shape index (κ1) is 13.8. The van der Waals surface area contributed by atoms with Crippen LogP contribution in [0.25, 0.3) is 0 Å². The topological polar surface area (TPSA) is 20.3 Å². The standard InChI is InChI=1S/C16H16BrNO/c1-3-18(14-7-4-12(2)5-8-14)16-9-6-13(11-19)10-15(16)17/h4-11H,3H2,1-2H3. The number of carbonyl (C=O) groups excluding carboxylic acids is 1. The second kappa shape index (κ2) is 6.02. The van der Waals surface area contributed by atoms with Crippen LogP contribution in [0.5, 0.6) is 0 Å². The van der Waals surface area contributed by atoms with E-state index < -0.39 is 0 Å². The molecule has 0 radical (unpaired) electrons. The number of rotatable bonds is 4. The lowest BCUT2D eigenvalue weighted by atomic mass is 10.1. The number of aryl methyl sites for hydroxylation is 1. The summed E-state index contributed by atoms with van der Waals surface area (Å²) in [6, 6.07) is 14.1. The summed E-state index contributed by atoms with van der Waals surface area (Å²) in [5.41, 5.74) is 4.13. The lowest BCUT2D eigenvalue weighted by Crippen LogP contribution is -2.16. The van der Waals surface area contributed by atoms with E-state index in [4.69, 9.17) is 0 Å². The van der Waals surface area contributed by atoms with Crippen molar-refractivity contribution in [2.45, 2.75) is 13.8 Å². The van der Waals surface area contributed by atoms with E-state index in [1.165, 1.54) is 5.56 Å². The first-order valence-electron chi connectivity index (χ1n) is 6.24. The molecule has 0 saturated heterocycles. The Hall–Kier alpha value is -1.61. The summed E-state index contributed by atoms with van der Waals surface area (Å²) < 4.78 is 0.930. The second-order valence-electron chi connectivity index (χ2n) is 4.41. The average molecular weight is 318 g/mol. The molecule has 0 aliphatic heterocycles. The normalized spacial score (nSPS) is 10.3. The Morgan fingerprint density at radius 2 is 1.84 bits per heavy atom. The Morgan fingerprint density at radius 1 is 1.16 bits per heavy atom. The van der Waals surface area contributed by atoms with Crippen molar-refractivity contribution in [1.29, 1.82) is 0 Å². The molecular weight excluding hydrogens is 302 g/mol. The van der Waals surface area contributed by atoms with Crippen LogP contribution in [-0.4, -0.2) is 12.8 Å². The minimum Gasteiger partial charge on any atom is -0.341 e. The number of hydrogen-bond acceptors (Lipinski definition) is 2. The number of nitrogens with zero attached hydrogens (tertiary/aromatic N) is 1. The molecule has 0 aromatic heterocycles. The van der Waals surface area contributed by atoms with Gasteiger partial charge in [0.1, 0.15) is 6.29 Å². The third-order valence-electron chi connectivity index (χ3n) is 3.06. The van der Waals surface area contributed by atoms with Gasteiger partial charge in [0.2, 0.25) is 0 Å². The lowest BCUT2D eigenvalue weighted by Gasteiger charge is -2.24. The van der Waals surface area contributed by atoms with Crippen molar-refractivity contribution in [2.75, 3.05) is 11.4 Å². The molecule has 19 heavy (non-hydrogen) atoms. The summed E-state index contributed by atoms with van der Waals surface area (Å²) in [4.78, 5) is 13.0. The van der Waals surface area contributed by atoms with Gasteiger partial charge in [-0.1, -0.05) is 17.7 Å². The van der Waals surface area contributed by atoms with Gasteiger partial charge in [-0.15, -0.1) is 0 Å². The van der Waals surface area contributed by atoms with Gasteiger partial charge in [-0.3, -0.25) is 4.79 Å². The Balaban J connectivity index is 2.41. The molecule has 2 nitrogen and oxygen atoms in total. The van der Waals surface area contributed by atoms with Gasteiger partial charge in [-0.05, 0) is 60.1 Å². The fourth-order valence-electron chi connectivity index (χ4n) is 2.03. The van der Waals surface area contributed by atoms with Crippen molar-refractivity contribution >= 4 is 33.6 Å². The molecule has 2 aromatic rings. The van der Waals surface area contributed by atoms with Crippen molar-refractivity contribution in [2.24, 2.45) is 0 Å². The van der Waals surface area contributed by atoms with E-state index in [0.29, 0.717) is 5.56 Å². The van der Waals surface area contributed by atoms with Gasteiger partial charge in [0.15, 0.2) is 0 Å². The number of aldehydes is 1. The number of hydrogen-bond donors (Lipinski definition) is 0.